The molecule has 2 aromatic rings. The summed E-state index contributed by atoms with van der Waals surface area (Å²) in [5, 5.41) is 6.62. The molecule has 0 unspecified atom stereocenters. The lowest BCUT2D eigenvalue weighted by atomic mass is 10.2. The number of ether oxygens (including phenoxy) is 2. The first kappa shape index (κ1) is 24.6. The van der Waals surface area contributed by atoms with Crippen LogP contribution in [0.4, 0.5) is 0 Å². The highest BCUT2D eigenvalue weighted by Crippen LogP contribution is 2.12. The van der Waals surface area contributed by atoms with E-state index in [1.165, 1.54) is 7.05 Å². The number of hydrogen-bond donors (Lipinski definition) is 3. The molecule has 0 aliphatic heterocycles. The molecular weight excluding hydrogens is 416 g/mol. The average molecular weight is 449 g/mol. The van der Waals surface area contributed by atoms with Crippen molar-refractivity contribution in [1.29, 1.82) is 0 Å². The fourth-order valence-corrected chi connectivity index (χ4v) is 3.42. The van der Waals surface area contributed by atoms with Crippen molar-refractivity contribution in [1.82, 2.24) is 15.4 Å². The molecule has 0 saturated carbocycles. The van der Waals surface area contributed by atoms with E-state index in [0.717, 1.165) is 29.8 Å². The van der Waals surface area contributed by atoms with E-state index in [0.29, 0.717) is 32.3 Å². The van der Waals surface area contributed by atoms with Gasteiger partial charge in [-0.3, -0.25) is 0 Å². The Labute approximate surface area is 185 Å². The third kappa shape index (κ3) is 8.56. The van der Waals surface area contributed by atoms with Gasteiger partial charge in [-0.25, -0.2) is 18.1 Å². The average Bonchev–Trinajstić information content (AvgIpc) is 2.80. The van der Waals surface area contributed by atoms with Crippen molar-refractivity contribution in [2.75, 3.05) is 33.9 Å². The largest absolute Gasteiger partial charge is 0.497 e. The number of sulfonamides is 1. The first-order valence-electron chi connectivity index (χ1n) is 10.2. The zero-order chi connectivity index (χ0) is 22.5. The Morgan fingerprint density at radius 1 is 1.00 bits per heavy atom. The molecule has 8 nitrogen and oxygen atoms in total. The molecule has 0 amide bonds. The van der Waals surface area contributed by atoms with Gasteiger partial charge >= 0.3 is 0 Å². The lowest BCUT2D eigenvalue weighted by Gasteiger charge is -2.13. The number of benzene rings is 2. The van der Waals surface area contributed by atoms with E-state index in [4.69, 9.17) is 9.47 Å². The molecule has 3 N–H and O–H groups in total. The van der Waals surface area contributed by atoms with E-state index in [1.54, 1.807) is 31.4 Å². The molecule has 0 saturated heterocycles. The first-order valence-corrected chi connectivity index (χ1v) is 11.7. The van der Waals surface area contributed by atoms with Gasteiger partial charge in [-0.15, -0.1) is 0 Å². The summed E-state index contributed by atoms with van der Waals surface area (Å²) >= 11 is 0. The van der Waals surface area contributed by atoms with Crippen molar-refractivity contribution in [3.05, 3.63) is 59.7 Å². The lowest BCUT2D eigenvalue weighted by Crippen LogP contribution is -2.37. The van der Waals surface area contributed by atoms with Crippen LogP contribution < -0.4 is 20.1 Å². The van der Waals surface area contributed by atoms with Gasteiger partial charge in [-0.2, -0.15) is 0 Å². The SMILES string of the molecule is CCOCCCNC(=NCc1ccc(OC)cc1)NCc1ccc(S(=O)(=O)NC)cc1. The Morgan fingerprint density at radius 2 is 1.68 bits per heavy atom. The molecule has 31 heavy (non-hydrogen) atoms. The predicted molar refractivity (Wildman–Crippen MR) is 123 cm³/mol. The molecule has 2 aromatic carbocycles. The number of rotatable bonds is 12. The van der Waals surface area contributed by atoms with Gasteiger partial charge in [0.05, 0.1) is 18.6 Å². The van der Waals surface area contributed by atoms with E-state index in [1.807, 2.05) is 31.2 Å². The fraction of sp³-hybridized carbons (Fsp3) is 0.409. The molecule has 0 heterocycles. The normalized spacial score (nSPS) is 11.9. The van der Waals surface area contributed by atoms with Crippen molar-refractivity contribution in [2.45, 2.75) is 31.3 Å². The third-order valence-corrected chi connectivity index (χ3v) is 5.93. The summed E-state index contributed by atoms with van der Waals surface area (Å²) in [7, 11) is -0.400. The molecule has 0 radical (unpaired) electrons. The van der Waals surface area contributed by atoms with Crippen molar-refractivity contribution in [3.8, 4) is 5.75 Å². The molecule has 0 bridgehead atoms. The topological polar surface area (TPSA) is 101 Å². The van der Waals surface area contributed by atoms with Crippen LogP contribution in [-0.2, 0) is 27.8 Å². The maximum Gasteiger partial charge on any atom is 0.240 e. The smallest absolute Gasteiger partial charge is 0.240 e. The minimum atomic E-state index is -3.44. The van der Waals surface area contributed by atoms with Gasteiger partial charge in [0.2, 0.25) is 10.0 Å². The van der Waals surface area contributed by atoms with Crippen LogP contribution in [0.2, 0.25) is 0 Å². The van der Waals surface area contributed by atoms with E-state index < -0.39 is 10.0 Å². The number of nitrogens with one attached hydrogen (secondary N) is 3. The summed E-state index contributed by atoms with van der Waals surface area (Å²) in [6.07, 6.45) is 0.869. The zero-order valence-electron chi connectivity index (χ0n) is 18.3. The quantitative estimate of drug-likeness (QED) is 0.262. The second kappa shape index (κ2) is 12.9. The van der Waals surface area contributed by atoms with Gasteiger partial charge in [0.15, 0.2) is 5.96 Å². The Balaban J connectivity index is 1.99. The molecular formula is C22H32N4O4S. The van der Waals surface area contributed by atoms with Gasteiger partial charge in [0.25, 0.3) is 0 Å². The maximum atomic E-state index is 11.9. The molecule has 0 aromatic heterocycles. The van der Waals surface area contributed by atoms with E-state index in [2.05, 4.69) is 20.3 Å². The summed E-state index contributed by atoms with van der Waals surface area (Å²) in [6.45, 7) is 5.13. The maximum absolute atomic E-state index is 11.9. The number of guanidine groups is 1. The minimum absolute atomic E-state index is 0.237. The zero-order valence-corrected chi connectivity index (χ0v) is 19.2. The predicted octanol–water partition coefficient (Wildman–Crippen LogP) is 2.27. The number of hydrogen-bond acceptors (Lipinski definition) is 5. The van der Waals surface area contributed by atoms with Gasteiger partial charge in [0, 0.05) is 26.3 Å². The van der Waals surface area contributed by atoms with Gasteiger partial charge in [-0.1, -0.05) is 24.3 Å². The van der Waals surface area contributed by atoms with Crippen molar-refractivity contribution in [2.24, 2.45) is 4.99 Å². The number of methoxy groups -OCH3 is 1. The first-order chi connectivity index (χ1) is 15.0. The standard InChI is InChI=1S/C22H32N4O4S/c1-4-30-15-5-14-24-22(25-16-18-6-10-20(29-3)11-7-18)26-17-19-8-12-21(13-9-19)31(27,28)23-2/h6-13,23H,4-5,14-17H2,1-3H3,(H2,24,25,26). The van der Waals surface area contributed by atoms with Crippen LogP contribution >= 0.6 is 0 Å². The monoisotopic (exact) mass is 448 g/mol. The summed E-state index contributed by atoms with van der Waals surface area (Å²) in [6, 6.07) is 14.5. The highest BCUT2D eigenvalue weighted by atomic mass is 32.2. The highest BCUT2D eigenvalue weighted by molar-refractivity contribution is 7.89. The summed E-state index contributed by atoms with van der Waals surface area (Å²) in [5.41, 5.74) is 2.01. The second-order valence-electron chi connectivity index (χ2n) is 6.70. The van der Waals surface area contributed by atoms with Gasteiger partial charge in [0.1, 0.15) is 5.75 Å². The summed E-state index contributed by atoms with van der Waals surface area (Å²) < 4.78 is 36.6. The Morgan fingerprint density at radius 3 is 2.29 bits per heavy atom. The van der Waals surface area contributed by atoms with Crippen LogP contribution in [0.1, 0.15) is 24.5 Å². The van der Waals surface area contributed by atoms with Gasteiger partial charge < -0.3 is 20.1 Å². The van der Waals surface area contributed by atoms with Crippen molar-refractivity contribution in [3.63, 3.8) is 0 Å². The molecule has 0 atom stereocenters. The molecule has 0 fully saturated rings. The van der Waals surface area contributed by atoms with Crippen LogP contribution in [0.3, 0.4) is 0 Å². The van der Waals surface area contributed by atoms with Crippen LogP contribution in [0.25, 0.3) is 0 Å². The number of nitrogens with zero attached hydrogens (tertiary/aromatic N) is 1. The second-order valence-corrected chi connectivity index (χ2v) is 8.58. The molecule has 0 aliphatic carbocycles. The highest BCUT2D eigenvalue weighted by Gasteiger charge is 2.10. The molecule has 9 heteroatoms. The number of aliphatic imine (C=N–C) groups is 1. The Hall–Kier alpha value is -2.62. The Bertz CT molecular complexity index is 914. The molecule has 0 spiro atoms. The van der Waals surface area contributed by atoms with E-state index in [-0.39, 0.29) is 4.90 Å². The third-order valence-electron chi connectivity index (χ3n) is 4.50. The molecule has 170 valence electrons. The van der Waals surface area contributed by atoms with E-state index >= 15 is 0 Å². The van der Waals surface area contributed by atoms with Crippen LogP contribution in [0.5, 0.6) is 5.75 Å². The van der Waals surface area contributed by atoms with Crippen molar-refractivity contribution >= 4 is 16.0 Å². The summed E-state index contributed by atoms with van der Waals surface area (Å²) in [4.78, 5) is 4.90. The molecule has 0 aliphatic rings. The van der Waals surface area contributed by atoms with Crippen LogP contribution in [0.15, 0.2) is 58.4 Å². The van der Waals surface area contributed by atoms with Gasteiger partial charge in [-0.05, 0) is 55.8 Å². The van der Waals surface area contributed by atoms with E-state index in [9.17, 15) is 8.42 Å². The molecule has 2 rings (SSSR count). The fourth-order valence-electron chi connectivity index (χ4n) is 2.69. The lowest BCUT2D eigenvalue weighted by molar-refractivity contribution is 0.145. The van der Waals surface area contributed by atoms with Crippen LogP contribution in [0, 0.1) is 0 Å². The Kier molecular flexibility index (Phi) is 10.3. The minimum Gasteiger partial charge on any atom is -0.497 e. The van der Waals surface area contributed by atoms with Crippen LogP contribution in [-0.4, -0.2) is 48.3 Å². The van der Waals surface area contributed by atoms with Crippen molar-refractivity contribution < 1.29 is 17.9 Å². The summed E-state index contributed by atoms with van der Waals surface area (Å²) in [5.74, 6) is 1.49.